The van der Waals surface area contributed by atoms with Crippen LogP contribution in [0.1, 0.15) is 127 Å². The predicted octanol–water partition coefficient (Wildman–Crippen LogP) is 5.23. The van der Waals surface area contributed by atoms with Crippen molar-refractivity contribution in [2.45, 2.75) is 249 Å². The zero-order valence-electron chi connectivity index (χ0n) is 44.9. The second-order valence-corrected chi connectivity index (χ2v) is 22.6. The van der Waals surface area contributed by atoms with E-state index < -0.39 is 121 Å². The Morgan fingerprint density at radius 1 is 0.667 bits per heavy atom. The zero-order chi connectivity index (χ0) is 52.2. The average Bonchev–Trinajstić information content (AvgIpc) is 3.64. The number of ketones is 1. The van der Waals surface area contributed by atoms with Gasteiger partial charge in [-0.15, -0.1) is 0 Å². The second-order valence-electron chi connectivity index (χ2n) is 22.6. The molecule has 8 aliphatic rings. The summed E-state index contributed by atoms with van der Waals surface area (Å²) in [5.41, 5.74) is -0.484. The summed E-state index contributed by atoms with van der Waals surface area (Å²) in [5, 5.41) is 34.9. The summed E-state index contributed by atoms with van der Waals surface area (Å²) < 4.78 is 81.1. The number of carbonyl (C=O) groups is 2. The molecule has 7 fully saturated rings. The van der Waals surface area contributed by atoms with Gasteiger partial charge in [-0.1, -0.05) is 31.6 Å². The third kappa shape index (κ3) is 10.3. The van der Waals surface area contributed by atoms with Crippen LogP contribution in [0.5, 0.6) is 0 Å². The molecule has 3 saturated carbocycles. The standard InChI is InChI=1S/C54H86O18/c1-14-26(2)50(58)69-40-22-36-35(54(59)20-18-34(27(3)55)53(40,54)9)16-15-32-21-33(17-19-52(32,36)8)68-41-24-38(61-11)46(29(5)65-41)70-43-25-39(62-12)47(30(6)66-43)72-51-45(57)49(63-13)48(31(7)67-51)71-42-23-37(60-10)44(56)28(4)64-42/h14-15,28-31,33-49,51,56-57,59H,16-25H2,1-13H3. The third-order valence-electron chi connectivity index (χ3n) is 18.9. The average molecular weight is 1020 g/mol. The first-order chi connectivity index (χ1) is 34.1. The Hall–Kier alpha value is -1.98. The van der Waals surface area contributed by atoms with Crippen molar-refractivity contribution in [1.29, 1.82) is 0 Å². The van der Waals surface area contributed by atoms with Gasteiger partial charge in [0.1, 0.15) is 48.5 Å². The number of carbonyl (C=O) groups excluding carboxylic acids is 2. The molecule has 8 rings (SSSR count). The van der Waals surface area contributed by atoms with Crippen molar-refractivity contribution in [3.05, 3.63) is 23.3 Å². The van der Waals surface area contributed by atoms with Crippen LogP contribution in [0.4, 0.5) is 0 Å². The zero-order valence-corrected chi connectivity index (χ0v) is 44.9. The SMILES string of the molecule is CC=C(C)C(=O)OC1CC2C(CC=C3CC(OC4CC(OC)C(OC5CC(OC)C(OC6OC(C)C(OC7CC(OC)C(O)C(C)O7)C(OC)C6O)C(C)O5)C(C)O4)CCC32C)C2(O)CCC(C(C)=O)C12C. The van der Waals surface area contributed by atoms with E-state index in [1.54, 1.807) is 41.1 Å². The van der Waals surface area contributed by atoms with Gasteiger partial charge < -0.3 is 76.9 Å². The van der Waals surface area contributed by atoms with Crippen molar-refractivity contribution in [2.75, 3.05) is 28.4 Å². The van der Waals surface area contributed by atoms with Crippen LogP contribution in [-0.4, -0.2) is 178 Å². The van der Waals surface area contributed by atoms with Crippen molar-refractivity contribution in [2.24, 2.45) is 28.6 Å². The van der Waals surface area contributed by atoms with E-state index in [4.69, 9.17) is 61.6 Å². The molecule has 3 N–H and O–H groups in total. The molecule has 72 heavy (non-hydrogen) atoms. The van der Waals surface area contributed by atoms with Gasteiger partial charge in [0.25, 0.3) is 0 Å². The molecule has 18 heteroatoms. The van der Waals surface area contributed by atoms with Crippen LogP contribution in [0.15, 0.2) is 23.3 Å². The van der Waals surface area contributed by atoms with E-state index in [1.165, 1.54) is 19.8 Å². The number of hydrogen-bond acceptors (Lipinski definition) is 18. The minimum absolute atomic E-state index is 0.0350. The number of Topliss-reactive ketones (excluding diaryl/α,β-unsaturated/α-hetero) is 1. The maximum atomic E-state index is 13.4. The van der Waals surface area contributed by atoms with E-state index in [0.29, 0.717) is 56.9 Å². The van der Waals surface area contributed by atoms with Gasteiger partial charge in [0, 0.05) is 64.6 Å². The van der Waals surface area contributed by atoms with Crippen molar-refractivity contribution < 1.29 is 86.5 Å². The normalized spacial score (nSPS) is 49.8. The minimum Gasteiger partial charge on any atom is -0.458 e. The molecule has 0 aromatic rings. The number of methoxy groups -OCH3 is 4. The topological polar surface area (TPSA) is 215 Å². The third-order valence-corrected chi connectivity index (χ3v) is 18.9. The predicted molar refractivity (Wildman–Crippen MR) is 258 cm³/mol. The highest BCUT2D eigenvalue weighted by Gasteiger charge is 2.71. The van der Waals surface area contributed by atoms with Gasteiger partial charge in [0.2, 0.25) is 0 Å². The summed E-state index contributed by atoms with van der Waals surface area (Å²) >= 11 is 0. The van der Waals surface area contributed by atoms with E-state index in [9.17, 15) is 24.9 Å². The van der Waals surface area contributed by atoms with Gasteiger partial charge in [-0.2, -0.15) is 0 Å². The smallest absolute Gasteiger partial charge is 0.333 e. The van der Waals surface area contributed by atoms with Crippen molar-refractivity contribution in [1.82, 2.24) is 0 Å². The van der Waals surface area contributed by atoms with E-state index in [1.807, 2.05) is 34.6 Å². The van der Waals surface area contributed by atoms with Crippen LogP contribution in [0.2, 0.25) is 0 Å². The van der Waals surface area contributed by atoms with E-state index in [-0.39, 0.29) is 41.2 Å². The van der Waals surface area contributed by atoms with Crippen LogP contribution in [0.25, 0.3) is 0 Å². The number of ether oxygens (including phenoxy) is 13. The van der Waals surface area contributed by atoms with Crippen LogP contribution in [0, 0.1) is 28.6 Å². The summed E-state index contributed by atoms with van der Waals surface area (Å²) in [6.45, 7) is 16.8. The lowest BCUT2D eigenvalue weighted by atomic mass is 9.45. The Labute approximate surface area is 426 Å². The molecule has 4 saturated heterocycles. The maximum Gasteiger partial charge on any atom is 0.333 e. The lowest BCUT2D eigenvalue weighted by Crippen LogP contribution is -2.66. The number of rotatable bonds is 15. The van der Waals surface area contributed by atoms with Gasteiger partial charge >= 0.3 is 5.97 Å². The molecule has 0 bridgehead atoms. The fraction of sp³-hybridized carbons (Fsp3) is 0.889. The first kappa shape index (κ1) is 56.2. The molecule has 0 amide bonds. The van der Waals surface area contributed by atoms with Crippen LogP contribution in [0.3, 0.4) is 0 Å². The molecule has 4 heterocycles. The number of esters is 1. The molecule has 0 radical (unpaired) electrons. The van der Waals surface area contributed by atoms with E-state index in [0.717, 1.165) is 12.8 Å². The molecule has 410 valence electrons. The van der Waals surface area contributed by atoms with E-state index in [2.05, 4.69) is 13.0 Å². The van der Waals surface area contributed by atoms with Gasteiger partial charge in [-0.3, -0.25) is 4.79 Å². The van der Waals surface area contributed by atoms with Gasteiger partial charge in [0.15, 0.2) is 25.2 Å². The number of allylic oxidation sites excluding steroid dienone is 2. The van der Waals surface area contributed by atoms with Crippen LogP contribution < -0.4 is 0 Å². The second kappa shape index (κ2) is 22.5. The Balaban J connectivity index is 0.864. The fourth-order valence-electron chi connectivity index (χ4n) is 14.5. The Bertz CT molecular complexity index is 1950. The maximum absolute atomic E-state index is 13.4. The van der Waals surface area contributed by atoms with Crippen molar-refractivity contribution in [3.63, 3.8) is 0 Å². The molecule has 4 aliphatic heterocycles. The summed E-state index contributed by atoms with van der Waals surface area (Å²) in [4.78, 5) is 26.5. The lowest BCUT2D eigenvalue weighted by Gasteiger charge is -2.63. The molecule has 25 atom stereocenters. The summed E-state index contributed by atoms with van der Waals surface area (Å²) in [6, 6.07) is 0. The highest BCUT2D eigenvalue weighted by molar-refractivity contribution is 5.88. The molecular formula is C54H86O18. The molecular weight excluding hydrogens is 937 g/mol. The fourth-order valence-corrected chi connectivity index (χ4v) is 14.5. The lowest BCUT2D eigenvalue weighted by molar-refractivity contribution is -0.365. The Morgan fingerprint density at radius 3 is 1.83 bits per heavy atom. The molecule has 0 aromatic heterocycles. The Morgan fingerprint density at radius 2 is 1.24 bits per heavy atom. The van der Waals surface area contributed by atoms with E-state index >= 15 is 0 Å². The van der Waals surface area contributed by atoms with Crippen LogP contribution in [-0.2, 0) is 71.2 Å². The number of fused-ring (bicyclic) bond motifs is 5. The van der Waals surface area contributed by atoms with Gasteiger partial charge in [-0.25, -0.2) is 4.79 Å². The number of aliphatic hydroxyl groups is 3. The molecule has 18 nitrogen and oxygen atoms in total. The molecule has 0 spiro atoms. The van der Waals surface area contributed by atoms with Gasteiger partial charge in [0.05, 0.1) is 54.4 Å². The minimum atomic E-state index is -1.24. The van der Waals surface area contributed by atoms with Crippen molar-refractivity contribution >= 4 is 11.8 Å². The van der Waals surface area contributed by atoms with Crippen molar-refractivity contribution in [3.8, 4) is 0 Å². The highest BCUT2D eigenvalue weighted by atomic mass is 16.8. The highest BCUT2D eigenvalue weighted by Crippen LogP contribution is 2.68. The Kier molecular flexibility index (Phi) is 17.6. The quantitative estimate of drug-likeness (QED) is 0.109. The molecule has 4 aliphatic carbocycles. The molecule has 0 aromatic carbocycles. The first-order valence-electron chi connectivity index (χ1n) is 26.6. The summed E-state index contributed by atoms with van der Waals surface area (Å²) in [7, 11) is 6.29. The first-order valence-corrected chi connectivity index (χ1v) is 26.6. The largest absolute Gasteiger partial charge is 0.458 e. The monoisotopic (exact) mass is 1020 g/mol. The van der Waals surface area contributed by atoms with Crippen LogP contribution >= 0.6 is 0 Å². The number of hydrogen-bond donors (Lipinski definition) is 3. The molecule has 25 unspecified atom stereocenters. The summed E-state index contributed by atoms with van der Waals surface area (Å²) in [5.74, 6) is -0.765. The summed E-state index contributed by atoms with van der Waals surface area (Å²) in [6.07, 6.45) is -2.07. The number of aliphatic hydroxyl groups excluding tert-OH is 2. The van der Waals surface area contributed by atoms with Gasteiger partial charge in [-0.05, 0) is 111 Å².